The number of ketones is 1. The molecule has 4 amide bonds. The van der Waals surface area contributed by atoms with E-state index in [1.807, 2.05) is 25.7 Å². The summed E-state index contributed by atoms with van der Waals surface area (Å²) in [6.07, 6.45) is 6.82. The minimum absolute atomic E-state index is 0. The van der Waals surface area contributed by atoms with Gasteiger partial charge in [-0.05, 0) is 153 Å². The summed E-state index contributed by atoms with van der Waals surface area (Å²) in [5, 5.41) is 6.19. The molecule has 5 aromatic carbocycles. The van der Waals surface area contributed by atoms with Gasteiger partial charge in [-0.3, -0.25) is 43.0 Å². The fourth-order valence-corrected chi connectivity index (χ4v) is 19.1. The number of piperazine rings is 1. The van der Waals surface area contributed by atoms with Crippen LogP contribution in [0.15, 0.2) is 146 Å². The number of halogens is 2. The van der Waals surface area contributed by atoms with Crippen molar-refractivity contribution < 1.29 is 65.0 Å². The van der Waals surface area contributed by atoms with Crippen molar-refractivity contribution in [2.45, 2.75) is 106 Å². The van der Waals surface area contributed by atoms with Gasteiger partial charge in [0.15, 0.2) is 15.4 Å². The third-order valence-corrected chi connectivity index (χ3v) is 25.2. The molecule has 3 atom stereocenters. The predicted octanol–water partition coefficient (Wildman–Crippen LogP) is 11.8. The molecule has 8 aromatic rings. The molecule has 32 heteroatoms. The van der Waals surface area contributed by atoms with Crippen molar-refractivity contribution in [1.29, 1.82) is 0 Å². The van der Waals surface area contributed by atoms with Crippen molar-refractivity contribution in [3.05, 3.63) is 165 Å². The molecule has 0 aliphatic carbocycles. The molecule has 14 rings (SSSR count). The number of carbonyl (C=O) groups is 5. The van der Waals surface area contributed by atoms with E-state index < -0.39 is 41.8 Å². The Morgan fingerprint density at radius 2 is 1.05 bits per heavy atom. The van der Waals surface area contributed by atoms with Crippen LogP contribution in [-0.2, 0) is 66.9 Å². The van der Waals surface area contributed by atoms with Gasteiger partial charge in [0.2, 0.25) is 23.5 Å². The van der Waals surface area contributed by atoms with E-state index >= 15 is 0 Å². The van der Waals surface area contributed by atoms with Crippen LogP contribution in [0.4, 0.5) is 48.2 Å². The lowest BCUT2D eigenvalue weighted by molar-refractivity contribution is -0.147. The fraction of sp³-hybridized carbons (Fsp3) is 0.353. The molecule has 24 nitrogen and oxygen atoms in total. The number of sulfonamides is 3. The van der Waals surface area contributed by atoms with Crippen LogP contribution >= 0.6 is 45.6 Å². The lowest BCUT2D eigenvalue weighted by Gasteiger charge is -2.37. The molecule has 9 heterocycles. The maximum Gasteiger partial charge on any atom is 0.290 e. The van der Waals surface area contributed by atoms with Crippen LogP contribution in [0.3, 0.4) is 0 Å². The van der Waals surface area contributed by atoms with Crippen molar-refractivity contribution in [3.63, 3.8) is 0 Å². The molecule has 4 fully saturated rings. The lowest BCUT2D eigenvalue weighted by atomic mass is 9.89. The predicted molar refractivity (Wildman–Crippen MR) is 404 cm³/mol. The fourth-order valence-electron chi connectivity index (χ4n) is 13.3. The molecule has 6 aliphatic rings. The summed E-state index contributed by atoms with van der Waals surface area (Å²) in [5.74, 6) is -1.32. The van der Waals surface area contributed by atoms with Crippen LogP contribution < -0.4 is 38.7 Å². The molecule has 0 bridgehead atoms. The molecule has 6 aliphatic heterocycles. The first-order valence-corrected chi connectivity index (χ1v) is 39.8. The second-order valence-electron chi connectivity index (χ2n) is 26.0. The van der Waals surface area contributed by atoms with Crippen molar-refractivity contribution in [2.24, 2.45) is 5.41 Å². The summed E-state index contributed by atoms with van der Waals surface area (Å²) < 4.78 is 96.6. The van der Waals surface area contributed by atoms with E-state index in [0.717, 1.165) is 36.3 Å². The smallest absolute Gasteiger partial charge is 0.290 e. The number of aryl methyl sites for hydroxylation is 2. The van der Waals surface area contributed by atoms with E-state index in [2.05, 4.69) is 64.0 Å². The van der Waals surface area contributed by atoms with Gasteiger partial charge in [-0.2, -0.15) is 0 Å². The number of anilines is 8. The van der Waals surface area contributed by atoms with Crippen molar-refractivity contribution in [2.75, 3.05) is 97.6 Å². The summed E-state index contributed by atoms with van der Waals surface area (Å²) in [6, 6.07) is 27.3. The van der Waals surface area contributed by atoms with Crippen LogP contribution in [0.25, 0.3) is 0 Å². The Labute approximate surface area is 608 Å². The number of carbonyl (C=O) groups excluding carboxylic acids is 5. The maximum atomic E-state index is 13.8. The van der Waals surface area contributed by atoms with Gasteiger partial charge < -0.3 is 29.4 Å². The maximum absolute atomic E-state index is 13.8. The minimum atomic E-state index is -3.78. The zero-order chi connectivity index (χ0) is 71.0. The Hall–Kier alpha value is -8.43. The zero-order valence-corrected chi connectivity index (χ0v) is 60.9. The summed E-state index contributed by atoms with van der Waals surface area (Å²) in [7, 11) is -11.3. The van der Waals surface area contributed by atoms with Gasteiger partial charge in [-0.15, -0.1) is 34.0 Å². The van der Waals surface area contributed by atoms with E-state index in [9.17, 15) is 53.6 Å². The van der Waals surface area contributed by atoms with E-state index in [0.29, 0.717) is 98.9 Å². The van der Waals surface area contributed by atoms with Crippen LogP contribution in [0.5, 0.6) is 0 Å². The molecule has 0 unspecified atom stereocenters. The van der Waals surface area contributed by atoms with Crippen LogP contribution in [0.2, 0.25) is 5.02 Å². The lowest BCUT2D eigenvalue weighted by Crippen LogP contribution is -2.55. The number of nitrogens with one attached hydrogen (secondary N) is 3. The molecule has 4 saturated heterocycles. The number of rotatable bonds is 17. The van der Waals surface area contributed by atoms with Gasteiger partial charge in [0.05, 0.1) is 31.4 Å². The van der Waals surface area contributed by atoms with Crippen molar-refractivity contribution in [1.82, 2.24) is 24.8 Å². The molecule has 0 saturated carbocycles. The SMILES string of the molecule is CC(C)(C)CC(=O)C(=O)N1CCN([C@H]2CCN(c3ccc(S(=O)(=O)Nc4nccs4)cc3)C2=O)CC1.Cc1cccc2c1N([C@H]1CCN(c3ccc(S(=O)(=O)Nc4nccs4)cc3)C1=O)CC2.Cc1csc(NS(=O)(=O)c2ccc(N3CC[C@H](N4CCc5c4ccc(F)c5Cl)C3=O)cc2)n1.[HH].[HH].[HH].[HH].[HH].[HH].[HH].[HH]. The Balaban J connectivity index is 0.000000331. The highest BCUT2D eigenvalue weighted by atomic mass is 35.5. The first-order valence-electron chi connectivity index (χ1n) is 32.3. The van der Waals surface area contributed by atoms with Gasteiger partial charge in [0, 0.05) is 134 Å². The van der Waals surface area contributed by atoms with Gasteiger partial charge in [-0.1, -0.05) is 50.6 Å². The number of fused-ring (bicyclic) bond motifs is 2. The third-order valence-electron chi connectivity index (χ3n) is 18.1. The van der Waals surface area contributed by atoms with Crippen LogP contribution in [0.1, 0.15) is 80.3 Å². The average Bonchev–Trinajstić information content (AvgIpc) is 1.62. The molecule has 3 aromatic heterocycles. The number of hydrogen-bond acceptors (Lipinski definition) is 20. The minimum Gasteiger partial charge on any atom is -0.359 e. The summed E-state index contributed by atoms with van der Waals surface area (Å²) in [5.41, 5.74) is 7.70. The topological polar surface area (TPSA) is 285 Å². The normalized spacial score (nSPS) is 18.8. The number of benzene rings is 5. The Morgan fingerprint density at radius 3 is 1.52 bits per heavy atom. The number of aromatic nitrogens is 3. The number of thiazole rings is 3. The standard InChI is InChI=1S/C24H31N5O5S2.C22H20ClFN4O3S2.C22H22N4O3S2.8H2/c1-24(2,3)16-20(30)22(32)28-13-11-27(12-14-28)19-8-10-29(21(19)31)17-4-6-18(7-5-17)36(33,34)26-23-25-9-15-35-23;1-13-12-32-22(25-13)26-33(30,31)15-4-2-14(3-5-15)27-11-9-19(21(27)29)28-10-8-16-18(28)7-6-17(24)20(16)23;1-15-3-2-4-16-9-12-26(20(15)16)19-10-13-25(21(19)27)17-5-7-18(8-6-17)31(28,29)24-22-23-11-14-30-22;;;;;;;;/h4-7,9,15,19H,8,10-14,16H2,1-3H3,(H,25,26);2-7,12,19H,8-11H2,1H3,(H,25,26);2-8,11,14,19H,9-10,12-13H2,1H3,(H,23,24);8*1H/t3*19-;;;;;;;;/m000......../s1. The Bertz CT molecular complexity index is 4770. The average molecular weight is 1510 g/mol. The second-order valence-corrected chi connectivity index (χ2v) is 34.0. The first-order chi connectivity index (χ1) is 47.6. The second kappa shape index (κ2) is 29.3. The molecule has 542 valence electrons. The highest BCUT2D eigenvalue weighted by Gasteiger charge is 2.43. The highest BCUT2D eigenvalue weighted by Crippen LogP contribution is 2.40. The molecule has 100 heavy (non-hydrogen) atoms. The van der Waals surface area contributed by atoms with Gasteiger partial charge in [0.25, 0.3) is 36.0 Å². The van der Waals surface area contributed by atoms with E-state index in [-0.39, 0.29) is 89.7 Å². The summed E-state index contributed by atoms with van der Waals surface area (Å²) in [4.78, 5) is 89.8. The van der Waals surface area contributed by atoms with E-state index in [1.54, 1.807) is 91.3 Å². The van der Waals surface area contributed by atoms with E-state index in [1.165, 1.54) is 99.5 Å². The van der Waals surface area contributed by atoms with Gasteiger partial charge in [0.1, 0.15) is 17.9 Å². The number of amides is 4. The van der Waals surface area contributed by atoms with Gasteiger partial charge >= 0.3 is 0 Å². The molecule has 3 N–H and O–H groups in total. The van der Waals surface area contributed by atoms with Crippen molar-refractivity contribution in [3.8, 4) is 0 Å². The number of Topliss-reactive ketones (excluding diaryl/α,β-unsaturated/α-hetero) is 1. The summed E-state index contributed by atoms with van der Waals surface area (Å²) >= 11 is 9.74. The molecular formula is C68H89ClFN13O11S6. The summed E-state index contributed by atoms with van der Waals surface area (Å²) in [6.45, 7) is 14.6. The van der Waals surface area contributed by atoms with E-state index in [4.69, 9.17) is 11.6 Å². The Kier molecular flexibility index (Phi) is 20.9. The third kappa shape index (κ3) is 15.6. The Morgan fingerprint density at radius 1 is 0.580 bits per heavy atom. The number of nitrogens with zero attached hydrogens (tertiary/aromatic N) is 10. The number of hydrogen-bond donors (Lipinski definition) is 3. The quantitative estimate of drug-likeness (QED) is 0.0714. The van der Waals surface area contributed by atoms with Crippen molar-refractivity contribution >= 4 is 149 Å². The molecular weight excluding hydrogens is 1420 g/mol. The number of para-hydroxylation sites is 1. The first kappa shape index (κ1) is 71.4. The largest absolute Gasteiger partial charge is 0.359 e. The molecule has 0 radical (unpaired) electrons. The van der Waals surface area contributed by atoms with Crippen LogP contribution in [0, 0.1) is 25.1 Å². The van der Waals surface area contributed by atoms with Gasteiger partial charge in [-0.25, -0.2) is 44.6 Å². The molecule has 0 spiro atoms. The van der Waals surface area contributed by atoms with Crippen LogP contribution in [-0.4, -0.2) is 156 Å². The highest BCUT2D eigenvalue weighted by molar-refractivity contribution is 7.93. The zero-order valence-electron chi connectivity index (χ0n) is 55.2. The monoisotopic (exact) mass is 1510 g/mol.